The predicted molar refractivity (Wildman–Crippen MR) is 59.3 cm³/mol. The van der Waals surface area contributed by atoms with E-state index in [0.29, 0.717) is 11.4 Å². The van der Waals surface area contributed by atoms with Crippen molar-refractivity contribution in [3.63, 3.8) is 0 Å². The summed E-state index contributed by atoms with van der Waals surface area (Å²) in [5.74, 6) is 0. The van der Waals surface area contributed by atoms with E-state index in [-0.39, 0.29) is 0 Å². The minimum absolute atomic E-state index is 0.685. The van der Waals surface area contributed by atoms with Crippen LogP contribution in [0.4, 0.5) is 11.4 Å². The molecule has 0 bridgehead atoms. The molecule has 0 fully saturated rings. The first-order valence-corrected chi connectivity index (χ1v) is 4.48. The molecule has 0 spiro atoms. The third-order valence-electron chi connectivity index (χ3n) is 2.07. The lowest BCUT2D eigenvalue weighted by Gasteiger charge is -2.06. The fourth-order valence-electron chi connectivity index (χ4n) is 1.15. The maximum atomic E-state index is 5.85. The molecule has 1 aromatic carbocycles. The number of allylic oxidation sites excluding steroid dienone is 1. The summed E-state index contributed by atoms with van der Waals surface area (Å²) in [6.07, 6.45) is 5.08. The number of benzene rings is 1. The molecule has 0 aliphatic heterocycles. The molecule has 13 heavy (non-hydrogen) atoms. The molecule has 0 radical (unpaired) electrons. The molecule has 70 valence electrons. The van der Waals surface area contributed by atoms with E-state index in [2.05, 4.69) is 13.0 Å². The van der Waals surface area contributed by atoms with Crippen LogP contribution in [0.5, 0.6) is 0 Å². The van der Waals surface area contributed by atoms with Crippen molar-refractivity contribution in [3.05, 3.63) is 29.3 Å². The van der Waals surface area contributed by atoms with Crippen molar-refractivity contribution in [2.45, 2.75) is 20.3 Å². The SMILES string of the molecule is CCC=Cc1ccc(C)c(N)c1N. The highest BCUT2D eigenvalue weighted by Gasteiger charge is 2.01. The Hall–Kier alpha value is -1.44. The van der Waals surface area contributed by atoms with Crippen LogP contribution in [0.3, 0.4) is 0 Å². The highest BCUT2D eigenvalue weighted by molar-refractivity contribution is 5.78. The summed E-state index contributed by atoms with van der Waals surface area (Å²) in [7, 11) is 0. The average Bonchev–Trinajstić information content (AvgIpc) is 2.13. The Balaban J connectivity index is 3.11. The van der Waals surface area contributed by atoms with Crippen LogP contribution in [-0.2, 0) is 0 Å². The topological polar surface area (TPSA) is 52.0 Å². The van der Waals surface area contributed by atoms with Gasteiger partial charge in [-0.25, -0.2) is 0 Å². The number of rotatable bonds is 2. The molecule has 2 nitrogen and oxygen atoms in total. The third-order valence-corrected chi connectivity index (χ3v) is 2.07. The van der Waals surface area contributed by atoms with E-state index in [1.807, 2.05) is 25.1 Å². The van der Waals surface area contributed by atoms with Gasteiger partial charge in [-0.15, -0.1) is 0 Å². The number of nitrogen functional groups attached to an aromatic ring is 2. The van der Waals surface area contributed by atoms with Crippen LogP contribution in [0.2, 0.25) is 0 Å². The second-order valence-electron chi connectivity index (χ2n) is 3.11. The van der Waals surface area contributed by atoms with Gasteiger partial charge in [-0.3, -0.25) is 0 Å². The standard InChI is InChI=1S/C11H16N2/c1-3-4-5-9-7-6-8(2)10(12)11(9)13/h4-7H,3,12-13H2,1-2H3. The van der Waals surface area contributed by atoms with Gasteiger partial charge in [-0.1, -0.05) is 31.2 Å². The minimum atomic E-state index is 0.685. The van der Waals surface area contributed by atoms with Crippen LogP contribution < -0.4 is 11.5 Å². The molecule has 1 aromatic rings. The first-order valence-electron chi connectivity index (χ1n) is 4.48. The summed E-state index contributed by atoms with van der Waals surface area (Å²) in [5.41, 5.74) is 15.1. The van der Waals surface area contributed by atoms with Crippen LogP contribution in [0.1, 0.15) is 24.5 Å². The summed E-state index contributed by atoms with van der Waals surface area (Å²) in [6, 6.07) is 3.98. The molecular weight excluding hydrogens is 160 g/mol. The van der Waals surface area contributed by atoms with E-state index in [0.717, 1.165) is 17.5 Å². The zero-order chi connectivity index (χ0) is 9.84. The van der Waals surface area contributed by atoms with Gasteiger partial charge in [-0.2, -0.15) is 0 Å². The highest BCUT2D eigenvalue weighted by Crippen LogP contribution is 2.24. The molecule has 0 unspecified atom stereocenters. The Morgan fingerprint density at radius 3 is 2.54 bits per heavy atom. The molecule has 0 aromatic heterocycles. The van der Waals surface area contributed by atoms with Gasteiger partial charge in [0.25, 0.3) is 0 Å². The van der Waals surface area contributed by atoms with Gasteiger partial charge in [0.2, 0.25) is 0 Å². The average molecular weight is 176 g/mol. The molecule has 4 N–H and O–H groups in total. The van der Waals surface area contributed by atoms with E-state index in [4.69, 9.17) is 11.5 Å². The molecule has 0 heterocycles. The Kier molecular flexibility index (Phi) is 2.96. The van der Waals surface area contributed by atoms with E-state index in [9.17, 15) is 0 Å². The summed E-state index contributed by atoms with van der Waals surface area (Å²) < 4.78 is 0. The number of nitrogens with two attached hydrogens (primary N) is 2. The summed E-state index contributed by atoms with van der Waals surface area (Å²) in [4.78, 5) is 0. The number of aryl methyl sites for hydroxylation is 1. The monoisotopic (exact) mass is 176 g/mol. The smallest absolute Gasteiger partial charge is 0.0623 e. The number of hydrogen-bond donors (Lipinski definition) is 2. The summed E-state index contributed by atoms with van der Waals surface area (Å²) >= 11 is 0. The fraction of sp³-hybridized carbons (Fsp3) is 0.273. The lowest BCUT2D eigenvalue weighted by atomic mass is 10.1. The van der Waals surface area contributed by atoms with Gasteiger partial charge in [0, 0.05) is 0 Å². The Morgan fingerprint density at radius 2 is 1.92 bits per heavy atom. The van der Waals surface area contributed by atoms with Gasteiger partial charge >= 0.3 is 0 Å². The lowest BCUT2D eigenvalue weighted by molar-refractivity contribution is 1.23. The molecular formula is C11H16N2. The molecule has 1 rings (SSSR count). The van der Waals surface area contributed by atoms with Gasteiger partial charge in [0.15, 0.2) is 0 Å². The predicted octanol–water partition coefficient (Wildman–Crippen LogP) is 2.58. The van der Waals surface area contributed by atoms with Crippen LogP contribution in [0.15, 0.2) is 18.2 Å². The van der Waals surface area contributed by atoms with E-state index in [1.165, 1.54) is 0 Å². The van der Waals surface area contributed by atoms with Crippen LogP contribution in [-0.4, -0.2) is 0 Å². The van der Waals surface area contributed by atoms with Gasteiger partial charge in [0.1, 0.15) is 0 Å². The van der Waals surface area contributed by atoms with Crippen molar-refractivity contribution in [3.8, 4) is 0 Å². The maximum absolute atomic E-state index is 5.85. The molecule has 0 saturated heterocycles. The van der Waals surface area contributed by atoms with Gasteiger partial charge < -0.3 is 11.5 Å². The van der Waals surface area contributed by atoms with Crippen molar-refractivity contribution < 1.29 is 0 Å². The quantitative estimate of drug-likeness (QED) is 0.680. The fourth-order valence-corrected chi connectivity index (χ4v) is 1.15. The zero-order valence-electron chi connectivity index (χ0n) is 8.17. The molecule has 2 heteroatoms. The number of hydrogen-bond acceptors (Lipinski definition) is 2. The first-order chi connectivity index (χ1) is 6.16. The first kappa shape index (κ1) is 9.65. The third kappa shape index (κ3) is 2.02. The molecule has 0 saturated carbocycles. The molecule has 0 atom stereocenters. The number of anilines is 2. The van der Waals surface area contributed by atoms with E-state index >= 15 is 0 Å². The highest BCUT2D eigenvalue weighted by atomic mass is 14.7. The molecule has 0 aliphatic rings. The second kappa shape index (κ2) is 3.99. The van der Waals surface area contributed by atoms with Crippen molar-refractivity contribution in [2.24, 2.45) is 0 Å². The van der Waals surface area contributed by atoms with Crippen molar-refractivity contribution in [1.29, 1.82) is 0 Å². The van der Waals surface area contributed by atoms with E-state index < -0.39 is 0 Å². The largest absolute Gasteiger partial charge is 0.397 e. The molecule has 0 aliphatic carbocycles. The lowest BCUT2D eigenvalue weighted by Crippen LogP contribution is -1.99. The van der Waals surface area contributed by atoms with Crippen molar-refractivity contribution >= 4 is 17.5 Å². The van der Waals surface area contributed by atoms with E-state index in [1.54, 1.807) is 0 Å². The van der Waals surface area contributed by atoms with Crippen molar-refractivity contribution in [2.75, 3.05) is 11.5 Å². The van der Waals surface area contributed by atoms with Crippen LogP contribution in [0.25, 0.3) is 6.08 Å². The minimum Gasteiger partial charge on any atom is -0.397 e. The van der Waals surface area contributed by atoms with Gasteiger partial charge in [-0.05, 0) is 24.5 Å². The zero-order valence-corrected chi connectivity index (χ0v) is 8.17. The normalized spacial score (nSPS) is 10.9. The Labute approximate surface area is 79.2 Å². The second-order valence-corrected chi connectivity index (χ2v) is 3.11. The summed E-state index contributed by atoms with van der Waals surface area (Å²) in [6.45, 7) is 4.04. The van der Waals surface area contributed by atoms with Crippen molar-refractivity contribution in [1.82, 2.24) is 0 Å². The Morgan fingerprint density at radius 1 is 1.23 bits per heavy atom. The maximum Gasteiger partial charge on any atom is 0.0623 e. The van der Waals surface area contributed by atoms with Crippen LogP contribution >= 0.6 is 0 Å². The van der Waals surface area contributed by atoms with Crippen LogP contribution in [0, 0.1) is 6.92 Å². The molecule has 0 amide bonds. The van der Waals surface area contributed by atoms with Gasteiger partial charge in [0.05, 0.1) is 11.4 Å². The summed E-state index contributed by atoms with van der Waals surface area (Å²) in [5, 5.41) is 0. The Bertz CT molecular complexity index is 327.